The lowest BCUT2D eigenvalue weighted by molar-refractivity contribution is -0.0675. The lowest BCUT2D eigenvalue weighted by Gasteiger charge is -2.29. The Kier molecular flexibility index (Phi) is 5.38. The summed E-state index contributed by atoms with van der Waals surface area (Å²) in [7, 11) is 0. The predicted octanol–water partition coefficient (Wildman–Crippen LogP) is 1.34. The average molecular weight is 246 g/mol. The SMILES string of the molecule is CCCCO[C@@H]1[C@@H](O)[C@@H](C(C)(C)C)O[C@@H]1CO. The topological polar surface area (TPSA) is 58.9 Å². The van der Waals surface area contributed by atoms with Crippen LogP contribution >= 0.6 is 0 Å². The predicted molar refractivity (Wildman–Crippen MR) is 65.9 cm³/mol. The third kappa shape index (κ3) is 3.65. The van der Waals surface area contributed by atoms with E-state index in [-0.39, 0.29) is 18.1 Å². The average Bonchev–Trinajstić information content (AvgIpc) is 2.56. The normalized spacial score (nSPS) is 34.2. The maximum atomic E-state index is 10.2. The Hall–Kier alpha value is -0.160. The van der Waals surface area contributed by atoms with Crippen molar-refractivity contribution >= 4 is 0 Å². The summed E-state index contributed by atoms with van der Waals surface area (Å²) in [6.07, 6.45) is 0.245. The number of hydrogen-bond donors (Lipinski definition) is 2. The van der Waals surface area contributed by atoms with E-state index in [0.29, 0.717) is 6.61 Å². The van der Waals surface area contributed by atoms with Crippen molar-refractivity contribution in [1.82, 2.24) is 0 Å². The molecule has 17 heavy (non-hydrogen) atoms. The molecule has 1 aliphatic rings. The zero-order valence-corrected chi connectivity index (χ0v) is 11.3. The lowest BCUT2D eigenvalue weighted by atomic mass is 9.85. The van der Waals surface area contributed by atoms with Crippen LogP contribution in [0.2, 0.25) is 0 Å². The summed E-state index contributed by atoms with van der Waals surface area (Å²) < 4.78 is 11.4. The van der Waals surface area contributed by atoms with E-state index in [1.54, 1.807) is 0 Å². The van der Waals surface area contributed by atoms with Crippen LogP contribution < -0.4 is 0 Å². The Morgan fingerprint density at radius 2 is 1.94 bits per heavy atom. The lowest BCUT2D eigenvalue weighted by Crippen LogP contribution is -2.40. The van der Waals surface area contributed by atoms with E-state index in [0.717, 1.165) is 12.8 Å². The summed E-state index contributed by atoms with van der Waals surface area (Å²) in [5.41, 5.74) is -0.157. The third-order valence-corrected chi connectivity index (χ3v) is 3.18. The van der Waals surface area contributed by atoms with Gasteiger partial charge in [-0.25, -0.2) is 0 Å². The molecule has 0 bridgehead atoms. The van der Waals surface area contributed by atoms with Gasteiger partial charge in [0.25, 0.3) is 0 Å². The van der Waals surface area contributed by atoms with E-state index in [4.69, 9.17) is 9.47 Å². The molecule has 1 saturated heterocycles. The number of ether oxygens (including phenoxy) is 2. The van der Waals surface area contributed by atoms with Crippen molar-refractivity contribution in [2.75, 3.05) is 13.2 Å². The molecule has 0 amide bonds. The quantitative estimate of drug-likeness (QED) is 0.719. The van der Waals surface area contributed by atoms with E-state index >= 15 is 0 Å². The van der Waals surface area contributed by atoms with Crippen LogP contribution in [0.1, 0.15) is 40.5 Å². The highest BCUT2D eigenvalue weighted by molar-refractivity contribution is 4.96. The van der Waals surface area contributed by atoms with Crippen LogP contribution in [0.5, 0.6) is 0 Å². The van der Waals surface area contributed by atoms with E-state index in [9.17, 15) is 10.2 Å². The van der Waals surface area contributed by atoms with Crippen molar-refractivity contribution in [3.63, 3.8) is 0 Å². The third-order valence-electron chi connectivity index (χ3n) is 3.18. The van der Waals surface area contributed by atoms with Crippen LogP contribution in [-0.4, -0.2) is 47.8 Å². The zero-order chi connectivity index (χ0) is 13.1. The summed E-state index contributed by atoms with van der Waals surface area (Å²) in [6, 6.07) is 0. The maximum absolute atomic E-state index is 10.2. The summed E-state index contributed by atoms with van der Waals surface area (Å²) >= 11 is 0. The Morgan fingerprint density at radius 3 is 2.41 bits per heavy atom. The van der Waals surface area contributed by atoms with Gasteiger partial charge in [-0.05, 0) is 11.8 Å². The Bertz CT molecular complexity index is 224. The van der Waals surface area contributed by atoms with E-state index in [1.165, 1.54) is 0 Å². The second kappa shape index (κ2) is 6.14. The summed E-state index contributed by atoms with van der Waals surface area (Å²) in [5, 5.41) is 19.5. The molecule has 0 aromatic carbocycles. The van der Waals surface area contributed by atoms with Crippen molar-refractivity contribution in [1.29, 1.82) is 0 Å². The first-order chi connectivity index (χ1) is 7.91. The number of aliphatic hydroxyl groups excluding tert-OH is 2. The van der Waals surface area contributed by atoms with Gasteiger partial charge in [0.05, 0.1) is 12.7 Å². The molecule has 1 aliphatic heterocycles. The first-order valence-electron chi connectivity index (χ1n) is 6.47. The summed E-state index contributed by atoms with van der Waals surface area (Å²) in [4.78, 5) is 0. The second-order valence-electron chi connectivity index (χ2n) is 5.82. The molecular weight excluding hydrogens is 220 g/mol. The first kappa shape index (κ1) is 14.9. The van der Waals surface area contributed by atoms with Crippen LogP contribution in [0, 0.1) is 5.41 Å². The molecular formula is C13H26O4. The van der Waals surface area contributed by atoms with Gasteiger partial charge >= 0.3 is 0 Å². The summed E-state index contributed by atoms with van der Waals surface area (Å²) in [6.45, 7) is 8.64. The van der Waals surface area contributed by atoms with Gasteiger partial charge in [-0.1, -0.05) is 34.1 Å². The van der Waals surface area contributed by atoms with Crippen molar-refractivity contribution in [2.24, 2.45) is 5.41 Å². The highest BCUT2D eigenvalue weighted by atomic mass is 16.6. The Morgan fingerprint density at radius 1 is 1.29 bits per heavy atom. The number of hydrogen-bond acceptors (Lipinski definition) is 4. The van der Waals surface area contributed by atoms with Gasteiger partial charge in [0.15, 0.2) is 0 Å². The molecule has 102 valence electrons. The minimum Gasteiger partial charge on any atom is -0.394 e. The highest BCUT2D eigenvalue weighted by Crippen LogP contribution is 2.35. The highest BCUT2D eigenvalue weighted by Gasteiger charge is 2.48. The van der Waals surface area contributed by atoms with Crippen LogP contribution in [0.4, 0.5) is 0 Å². The van der Waals surface area contributed by atoms with Crippen molar-refractivity contribution in [3.05, 3.63) is 0 Å². The molecule has 0 aromatic rings. The molecule has 1 fully saturated rings. The molecule has 4 atom stereocenters. The van der Waals surface area contributed by atoms with E-state index in [1.807, 2.05) is 20.8 Å². The monoisotopic (exact) mass is 246 g/mol. The molecule has 1 heterocycles. The minimum absolute atomic E-state index is 0.111. The Labute approximate surface area is 104 Å². The van der Waals surface area contributed by atoms with Gasteiger partial charge in [0.2, 0.25) is 0 Å². The molecule has 4 nitrogen and oxygen atoms in total. The Balaban J connectivity index is 2.62. The molecule has 1 rings (SSSR count). The van der Waals surface area contributed by atoms with Crippen LogP contribution in [0.3, 0.4) is 0 Å². The zero-order valence-electron chi connectivity index (χ0n) is 11.3. The van der Waals surface area contributed by atoms with Gasteiger partial charge in [-0.2, -0.15) is 0 Å². The fourth-order valence-corrected chi connectivity index (χ4v) is 2.17. The molecule has 0 aromatic heterocycles. The van der Waals surface area contributed by atoms with Gasteiger partial charge < -0.3 is 19.7 Å². The molecule has 0 radical (unpaired) electrons. The molecule has 0 aliphatic carbocycles. The smallest absolute Gasteiger partial charge is 0.114 e. The first-order valence-corrected chi connectivity index (χ1v) is 6.47. The fourth-order valence-electron chi connectivity index (χ4n) is 2.17. The standard InChI is InChI=1S/C13H26O4/c1-5-6-7-16-11-9(8-14)17-12(10(11)15)13(2,3)4/h9-12,14-15H,5-8H2,1-4H3/t9-,10-,11+,12+/m1/s1. The maximum Gasteiger partial charge on any atom is 0.114 e. The van der Waals surface area contributed by atoms with Crippen LogP contribution in [-0.2, 0) is 9.47 Å². The van der Waals surface area contributed by atoms with Gasteiger partial charge in [0, 0.05) is 6.61 Å². The summed E-state index contributed by atoms with van der Waals surface area (Å²) in [5.74, 6) is 0. The molecule has 0 saturated carbocycles. The van der Waals surface area contributed by atoms with Gasteiger partial charge in [-0.3, -0.25) is 0 Å². The number of unbranched alkanes of at least 4 members (excludes halogenated alkanes) is 1. The number of aliphatic hydroxyl groups is 2. The van der Waals surface area contributed by atoms with Crippen molar-refractivity contribution in [3.8, 4) is 0 Å². The second-order valence-corrected chi connectivity index (χ2v) is 5.82. The van der Waals surface area contributed by atoms with Gasteiger partial charge in [-0.15, -0.1) is 0 Å². The van der Waals surface area contributed by atoms with Crippen LogP contribution in [0.25, 0.3) is 0 Å². The molecule has 0 unspecified atom stereocenters. The van der Waals surface area contributed by atoms with Crippen LogP contribution in [0.15, 0.2) is 0 Å². The van der Waals surface area contributed by atoms with Gasteiger partial charge in [0.1, 0.15) is 18.3 Å². The largest absolute Gasteiger partial charge is 0.394 e. The molecule has 0 spiro atoms. The number of rotatable bonds is 5. The molecule has 2 N–H and O–H groups in total. The molecule has 4 heteroatoms. The minimum atomic E-state index is -0.663. The van der Waals surface area contributed by atoms with E-state index in [2.05, 4.69) is 6.92 Å². The fraction of sp³-hybridized carbons (Fsp3) is 1.00. The van der Waals surface area contributed by atoms with Crippen molar-refractivity contribution < 1.29 is 19.7 Å². The van der Waals surface area contributed by atoms with E-state index < -0.39 is 18.3 Å². The van der Waals surface area contributed by atoms with Crippen molar-refractivity contribution in [2.45, 2.75) is 65.0 Å².